The van der Waals surface area contributed by atoms with E-state index in [1.54, 1.807) is 7.11 Å². The number of nitrogens with one attached hydrogen (secondary N) is 1. The molecule has 154 valence electrons. The van der Waals surface area contributed by atoms with Crippen molar-refractivity contribution >= 4 is 53.1 Å². The second-order valence-corrected chi connectivity index (χ2v) is 7.17. The van der Waals surface area contributed by atoms with Crippen molar-refractivity contribution in [2.75, 3.05) is 53.1 Å². The summed E-state index contributed by atoms with van der Waals surface area (Å²) in [4.78, 5) is 7.08. The number of guanidine groups is 1. The number of methoxy groups -OCH3 is 1. The van der Waals surface area contributed by atoms with Gasteiger partial charge in [0, 0.05) is 49.3 Å². The molecule has 1 N–H and O–H groups in total. The van der Waals surface area contributed by atoms with E-state index in [0.717, 1.165) is 50.6 Å². The zero-order valence-corrected chi connectivity index (χ0v) is 19.9. The molecule has 0 spiro atoms. The molecule has 1 unspecified atom stereocenters. The fraction of sp³-hybridized carbons (Fsp3) is 0.632. The second-order valence-electron chi connectivity index (χ2n) is 6.35. The van der Waals surface area contributed by atoms with Gasteiger partial charge in [0.25, 0.3) is 0 Å². The highest BCUT2D eigenvalue weighted by molar-refractivity contribution is 14.0. The molecule has 1 fully saturated rings. The van der Waals surface area contributed by atoms with Crippen LogP contribution in [0.1, 0.15) is 18.9 Å². The Bertz CT molecular complexity index is 570. The Kier molecular flexibility index (Phi) is 12.7. The van der Waals surface area contributed by atoms with Crippen LogP contribution in [0.3, 0.4) is 0 Å². The molecule has 1 aromatic rings. The van der Waals surface area contributed by atoms with Gasteiger partial charge in [0.2, 0.25) is 0 Å². The molecule has 5 nitrogen and oxygen atoms in total. The number of hydrogen-bond donors (Lipinski definition) is 1. The van der Waals surface area contributed by atoms with E-state index in [1.165, 1.54) is 0 Å². The molecule has 1 saturated heterocycles. The highest BCUT2D eigenvalue weighted by Crippen LogP contribution is 2.24. The smallest absolute Gasteiger partial charge is 0.193 e. The standard InChI is InChI=1S/C19H29Cl2N3O2.HI/c1-3-22-19(23-9-7-16-17(20)5-4-6-18(16)21)24-10-8-15(13-24)14-26-12-11-25-2;/h4-6,15H,3,7-14H2,1-2H3,(H,22,23);1H. The quantitative estimate of drug-likeness (QED) is 0.226. The number of rotatable bonds is 9. The molecule has 1 atom stereocenters. The van der Waals surface area contributed by atoms with Crippen molar-refractivity contribution in [1.29, 1.82) is 0 Å². The molecule has 0 amide bonds. The maximum absolute atomic E-state index is 6.24. The van der Waals surface area contributed by atoms with Crippen molar-refractivity contribution in [2.24, 2.45) is 10.9 Å². The molecule has 0 radical (unpaired) electrons. The van der Waals surface area contributed by atoms with Gasteiger partial charge in [-0.25, -0.2) is 0 Å². The van der Waals surface area contributed by atoms with Crippen molar-refractivity contribution in [3.05, 3.63) is 33.8 Å². The van der Waals surface area contributed by atoms with Crippen molar-refractivity contribution < 1.29 is 9.47 Å². The summed E-state index contributed by atoms with van der Waals surface area (Å²) in [6.07, 6.45) is 1.85. The van der Waals surface area contributed by atoms with Crippen LogP contribution in [0.2, 0.25) is 10.0 Å². The minimum atomic E-state index is 0. The Labute approximate surface area is 189 Å². The summed E-state index contributed by atoms with van der Waals surface area (Å²) in [7, 11) is 1.69. The fourth-order valence-electron chi connectivity index (χ4n) is 3.02. The number of aliphatic imine (C=N–C) groups is 1. The minimum absolute atomic E-state index is 0. The van der Waals surface area contributed by atoms with Crippen molar-refractivity contribution in [1.82, 2.24) is 10.2 Å². The van der Waals surface area contributed by atoms with Crippen LogP contribution in [0.25, 0.3) is 0 Å². The number of hydrogen-bond acceptors (Lipinski definition) is 3. The number of ether oxygens (including phenoxy) is 2. The number of halogens is 3. The molecule has 0 saturated carbocycles. The molecule has 0 aromatic heterocycles. The van der Waals surface area contributed by atoms with Gasteiger partial charge in [-0.3, -0.25) is 4.99 Å². The van der Waals surface area contributed by atoms with Crippen molar-refractivity contribution in [3.63, 3.8) is 0 Å². The molecule has 27 heavy (non-hydrogen) atoms. The monoisotopic (exact) mass is 529 g/mol. The second kappa shape index (κ2) is 13.8. The average Bonchev–Trinajstić information content (AvgIpc) is 3.09. The highest BCUT2D eigenvalue weighted by atomic mass is 127. The maximum Gasteiger partial charge on any atom is 0.193 e. The van der Waals surface area contributed by atoms with Gasteiger partial charge in [0.1, 0.15) is 0 Å². The third-order valence-corrected chi connectivity index (χ3v) is 5.10. The van der Waals surface area contributed by atoms with E-state index in [4.69, 9.17) is 37.7 Å². The van der Waals surface area contributed by atoms with Gasteiger partial charge in [-0.15, -0.1) is 24.0 Å². The summed E-state index contributed by atoms with van der Waals surface area (Å²) >= 11 is 12.5. The van der Waals surface area contributed by atoms with Gasteiger partial charge in [0.05, 0.1) is 19.8 Å². The normalized spacial score (nSPS) is 17.1. The molecular formula is C19H30Cl2IN3O2. The molecule has 1 aliphatic heterocycles. The van der Waals surface area contributed by atoms with Crippen LogP contribution in [-0.4, -0.2) is 64.0 Å². The van der Waals surface area contributed by atoms with Crippen molar-refractivity contribution in [3.8, 4) is 0 Å². The third kappa shape index (κ3) is 8.31. The molecule has 2 rings (SSSR count). The predicted molar refractivity (Wildman–Crippen MR) is 124 cm³/mol. The lowest BCUT2D eigenvalue weighted by atomic mass is 10.1. The summed E-state index contributed by atoms with van der Waals surface area (Å²) in [5.41, 5.74) is 0.960. The number of likely N-dealkylation sites (tertiary alicyclic amines) is 1. The van der Waals surface area contributed by atoms with Crippen LogP contribution in [-0.2, 0) is 15.9 Å². The average molecular weight is 530 g/mol. The van der Waals surface area contributed by atoms with Crippen LogP contribution in [0, 0.1) is 5.92 Å². The first-order chi connectivity index (χ1) is 12.7. The minimum Gasteiger partial charge on any atom is -0.382 e. The van der Waals surface area contributed by atoms with Gasteiger partial charge in [-0.2, -0.15) is 0 Å². The Morgan fingerprint density at radius 2 is 2.04 bits per heavy atom. The van der Waals surface area contributed by atoms with E-state index in [1.807, 2.05) is 18.2 Å². The van der Waals surface area contributed by atoms with Crippen molar-refractivity contribution in [2.45, 2.75) is 19.8 Å². The molecule has 1 heterocycles. The molecule has 0 aliphatic carbocycles. The van der Waals surface area contributed by atoms with Gasteiger partial charge >= 0.3 is 0 Å². The summed E-state index contributed by atoms with van der Waals surface area (Å²) in [6.45, 7) is 7.61. The van der Waals surface area contributed by atoms with E-state index < -0.39 is 0 Å². The SMILES string of the molecule is CCNC(=NCCc1c(Cl)cccc1Cl)N1CCC(COCCOC)C1.I. The number of benzene rings is 1. The third-order valence-electron chi connectivity index (χ3n) is 4.39. The molecule has 0 bridgehead atoms. The Morgan fingerprint density at radius 3 is 2.70 bits per heavy atom. The Hall–Kier alpha value is -0.280. The van der Waals surface area contributed by atoms with Crippen LogP contribution < -0.4 is 5.32 Å². The fourth-order valence-corrected chi connectivity index (χ4v) is 3.61. The van der Waals surface area contributed by atoms with Gasteiger partial charge < -0.3 is 19.7 Å². The first-order valence-corrected chi connectivity index (χ1v) is 9.94. The Morgan fingerprint density at radius 1 is 1.30 bits per heavy atom. The number of nitrogens with zero attached hydrogens (tertiary/aromatic N) is 2. The summed E-state index contributed by atoms with van der Waals surface area (Å²) < 4.78 is 10.7. The van der Waals surface area contributed by atoms with Gasteiger partial charge in [-0.1, -0.05) is 29.3 Å². The van der Waals surface area contributed by atoms with Crippen LogP contribution in [0.4, 0.5) is 0 Å². The largest absolute Gasteiger partial charge is 0.382 e. The molecule has 1 aliphatic rings. The van der Waals surface area contributed by atoms with Gasteiger partial charge in [-0.05, 0) is 37.5 Å². The summed E-state index contributed by atoms with van der Waals surface area (Å²) in [5.74, 6) is 1.49. The van der Waals surface area contributed by atoms with E-state index in [9.17, 15) is 0 Å². The van der Waals surface area contributed by atoms with Crippen LogP contribution in [0.15, 0.2) is 23.2 Å². The zero-order chi connectivity index (χ0) is 18.8. The van der Waals surface area contributed by atoms with E-state index in [-0.39, 0.29) is 24.0 Å². The lowest BCUT2D eigenvalue weighted by molar-refractivity contribution is 0.0536. The first kappa shape index (κ1) is 24.8. The molecular weight excluding hydrogens is 500 g/mol. The summed E-state index contributed by atoms with van der Waals surface area (Å²) in [5, 5.41) is 4.79. The lowest BCUT2D eigenvalue weighted by Crippen LogP contribution is -2.40. The van der Waals surface area contributed by atoms with E-state index in [2.05, 4.69) is 17.1 Å². The van der Waals surface area contributed by atoms with Crippen LogP contribution >= 0.6 is 47.2 Å². The Balaban J connectivity index is 0.00000364. The van der Waals surface area contributed by atoms with Crippen LogP contribution in [0.5, 0.6) is 0 Å². The predicted octanol–water partition coefficient (Wildman–Crippen LogP) is 4.10. The lowest BCUT2D eigenvalue weighted by Gasteiger charge is -2.21. The van der Waals surface area contributed by atoms with E-state index in [0.29, 0.717) is 35.7 Å². The van der Waals surface area contributed by atoms with E-state index >= 15 is 0 Å². The molecule has 8 heteroatoms. The zero-order valence-electron chi connectivity index (χ0n) is 16.0. The summed E-state index contributed by atoms with van der Waals surface area (Å²) in [6, 6.07) is 5.60. The maximum atomic E-state index is 6.24. The molecule has 1 aromatic carbocycles. The topological polar surface area (TPSA) is 46.1 Å². The highest BCUT2D eigenvalue weighted by Gasteiger charge is 2.24. The van der Waals surface area contributed by atoms with Gasteiger partial charge in [0.15, 0.2) is 5.96 Å². The first-order valence-electron chi connectivity index (χ1n) is 9.18.